The number of aliphatic carboxylic acids is 1. The van der Waals surface area contributed by atoms with Crippen LogP contribution in [0.3, 0.4) is 0 Å². The van der Waals surface area contributed by atoms with Crippen molar-refractivity contribution >= 4 is 16.0 Å². The van der Waals surface area contributed by atoms with Crippen molar-refractivity contribution in [1.29, 1.82) is 0 Å². The number of sulfonamides is 1. The molecule has 1 N–H and O–H groups in total. The largest absolute Gasteiger partial charge is 0.481 e. The first-order valence-electron chi connectivity index (χ1n) is 7.67. The van der Waals surface area contributed by atoms with Crippen LogP contribution in [0.4, 0.5) is 0 Å². The van der Waals surface area contributed by atoms with Crippen LogP contribution >= 0.6 is 0 Å². The lowest BCUT2D eigenvalue weighted by molar-refractivity contribution is -0.138. The maximum Gasteiger partial charge on any atom is 0.303 e. The van der Waals surface area contributed by atoms with Gasteiger partial charge < -0.3 is 5.11 Å². The second-order valence-electron chi connectivity index (χ2n) is 6.22. The molecular formula is C14H25NO4S. The molecule has 5 nitrogen and oxygen atoms in total. The minimum Gasteiger partial charge on any atom is -0.481 e. The van der Waals surface area contributed by atoms with Gasteiger partial charge >= 0.3 is 5.97 Å². The number of carbonyl (C=O) groups is 1. The van der Waals surface area contributed by atoms with Gasteiger partial charge in [0.2, 0.25) is 10.0 Å². The van der Waals surface area contributed by atoms with Crippen LogP contribution in [0, 0.1) is 11.8 Å². The highest BCUT2D eigenvalue weighted by molar-refractivity contribution is 7.89. The average molecular weight is 303 g/mol. The molecule has 2 aliphatic rings. The van der Waals surface area contributed by atoms with Gasteiger partial charge in [0.25, 0.3) is 0 Å². The van der Waals surface area contributed by atoms with E-state index in [1.807, 2.05) is 0 Å². The maximum absolute atomic E-state index is 12.4. The van der Waals surface area contributed by atoms with Crippen LogP contribution in [0.5, 0.6) is 0 Å². The van der Waals surface area contributed by atoms with E-state index in [2.05, 4.69) is 0 Å². The van der Waals surface area contributed by atoms with Crippen molar-refractivity contribution in [3.8, 4) is 0 Å². The van der Waals surface area contributed by atoms with Crippen LogP contribution in [0.25, 0.3) is 0 Å². The van der Waals surface area contributed by atoms with Crippen LogP contribution in [0.15, 0.2) is 0 Å². The first-order valence-corrected chi connectivity index (χ1v) is 9.28. The summed E-state index contributed by atoms with van der Waals surface area (Å²) >= 11 is 0. The fraction of sp³-hybridized carbons (Fsp3) is 0.929. The number of hydrogen-bond donors (Lipinski definition) is 1. The van der Waals surface area contributed by atoms with Gasteiger partial charge in [0.05, 0.1) is 5.75 Å². The van der Waals surface area contributed by atoms with E-state index in [9.17, 15) is 13.2 Å². The first kappa shape index (κ1) is 15.8. The summed E-state index contributed by atoms with van der Waals surface area (Å²) in [5.41, 5.74) is 0. The lowest BCUT2D eigenvalue weighted by Crippen LogP contribution is -2.41. The van der Waals surface area contributed by atoms with Crippen molar-refractivity contribution in [2.75, 3.05) is 18.8 Å². The normalized spacial score (nSPS) is 23.8. The molecule has 0 spiro atoms. The number of hydrogen-bond acceptors (Lipinski definition) is 3. The molecule has 0 amide bonds. The molecule has 1 heterocycles. The van der Waals surface area contributed by atoms with E-state index in [0.717, 1.165) is 25.7 Å². The van der Waals surface area contributed by atoms with E-state index in [-0.39, 0.29) is 18.1 Å². The van der Waals surface area contributed by atoms with Crippen LogP contribution < -0.4 is 0 Å². The number of carboxylic acids is 1. The monoisotopic (exact) mass is 303 g/mol. The fourth-order valence-corrected chi connectivity index (χ4v) is 5.30. The van der Waals surface area contributed by atoms with Crippen molar-refractivity contribution in [2.45, 2.75) is 51.4 Å². The lowest BCUT2D eigenvalue weighted by Gasteiger charge is -2.32. The quantitative estimate of drug-likeness (QED) is 0.844. The van der Waals surface area contributed by atoms with Gasteiger partial charge in [-0.2, -0.15) is 0 Å². The predicted octanol–water partition coefficient (Wildman–Crippen LogP) is 2.08. The van der Waals surface area contributed by atoms with Gasteiger partial charge in [-0.15, -0.1) is 0 Å². The Morgan fingerprint density at radius 3 is 2.15 bits per heavy atom. The van der Waals surface area contributed by atoms with Crippen molar-refractivity contribution in [3.63, 3.8) is 0 Å². The highest BCUT2D eigenvalue weighted by atomic mass is 32.2. The fourth-order valence-electron chi connectivity index (χ4n) is 3.40. The molecule has 0 aromatic heterocycles. The number of piperidine rings is 1. The summed E-state index contributed by atoms with van der Waals surface area (Å²) in [6, 6.07) is 0. The van der Waals surface area contributed by atoms with Gasteiger partial charge in [0, 0.05) is 19.5 Å². The highest BCUT2D eigenvalue weighted by Gasteiger charge is 2.31. The Morgan fingerprint density at radius 2 is 1.60 bits per heavy atom. The van der Waals surface area contributed by atoms with Gasteiger partial charge in [0.15, 0.2) is 0 Å². The minimum atomic E-state index is -3.15. The van der Waals surface area contributed by atoms with Crippen LogP contribution in [0.1, 0.15) is 51.4 Å². The lowest BCUT2D eigenvalue weighted by atomic mass is 9.91. The molecular weight excluding hydrogens is 278 g/mol. The third kappa shape index (κ3) is 4.45. The second-order valence-corrected chi connectivity index (χ2v) is 8.24. The Bertz CT molecular complexity index is 420. The minimum absolute atomic E-state index is 0.133. The molecule has 2 rings (SSSR count). The average Bonchev–Trinajstić information content (AvgIpc) is 2.39. The van der Waals surface area contributed by atoms with Crippen LogP contribution in [-0.2, 0) is 14.8 Å². The molecule has 116 valence electrons. The number of nitrogens with zero attached hydrogens (tertiary/aromatic N) is 1. The number of rotatable bonds is 5. The summed E-state index contributed by atoms with van der Waals surface area (Å²) in [6.07, 6.45) is 7.13. The third-order valence-corrected chi connectivity index (χ3v) is 6.65. The van der Waals surface area contributed by atoms with E-state index in [4.69, 9.17) is 5.11 Å². The molecule has 1 saturated heterocycles. The summed E-state index contributed by atoms with van der Waals surface area (Å²) in [7, 11) is -3.15. The Balaban J connectivity index is 1.83. The molecule has 0 bridgehead atoms. The Hall–Kier alpha value is -0.620. The standard InChI is InChI=1S/C14H25NO4S/c16-14(17)10-12-6-8-15(9-7-12)20(18,19)11-13-4-2-1-3-5-13/h12-13H,1-11H2,(H,16,17). The third-order valence-electron chi connectivity index (χ3n) is 4.60. The number of carboxylic acid groups (broad SMARTS) is 1. The van der Waals surface area contributed by atoms with Gasteiger partial charge in [0.1, 0.15) is 0 Å². The molecule has 1 saturated carbocycles. The first-order chi connectivity index (χ1) is 9.47. The Kier molecular flexibility index (Phi) is 5.43. The van der Waals surface area contributed by atoms with Gasteiger partial charge in [-0.3, -0.25) is 4.79 Å². The summed E-state index contributed by atoms with van der Waals surface area (Å²) < 4.78 is 26.4. The molecule has 2 fully saturated rings. The predicted molar refractivity (Wildman–Crippen MR) is 76.9 cm³/mol. The van der Waals surface area contributed by atoms with E-state index in [1.165, 1.54) is 6.42 Å². The maximum atomic E-state index is 12.4. The van der Waals surface area contributed by atoms with Crippen molar-refractivity contribution in [2.24, 2.45) is 11.8 Å². The zero-order valence-electron chi connectivity index (χ0n) is 12.0. The topological polar surface area (TPSA) is 74.7 Å². The summed E-state index contributed by atoms with van der Waals surface area (Å²) in [6.45, 7) is 0.986. The van der Waals surface area contributed by atoms with Gasteiger partial charge in [-0.25, -0.2) is 12.7 Å². The molecule has 1 aliphatic carbocycles. The highest BCUT2D eigenvalue weighted by Crippen LogP contribution is 2.28. The Labute approximate surface area is 121 Å². The zero-order chi connectivity index (χ0) is 14.6. The van der Waals surface area contributed by atoms with Gasteiger partial charge in [-0.1, -0.05) is 19.3 Å². The molecule has 6 heteroatoms. The van der Waals surface area contributed by atoms with E-state index < -0.39 is 16.0 Å². The molecule has 1 aliphatic heterocycles. The summed E-state index contributed by atoms with van der Waals surface area (Å²) in [5.74, 6) is -0.0380. The summed E-state index contributed by atoms with van der Waals surface area (Å²) in [5, 5.41) is 8.78. The summed E-state index contributed by atoms with van der Waals surface area (Å²) in [4.78, 5) is 10.7. The Morgan fingerprint density at radius 1 is 1.00 bits per heavy atom. The molecule has 0 atom stereocenters. The molecule has 0 radical (unpaired) electrons. The van der Waals surface area contributed by atoms with Crippen molar-refractivity contribution in [3.05, 3.63) is 0 Å². The molecule has 20 heavy (non-hydrogen) atoms. The molecule has 0 unspecified atom stereocenters. The SMILES string of the molecule is O=C(O)CC1CCN(S(=O)(=O)CC2CCCCC2)CC1. The van der Waals surface area contributed by atoms with Crippen molar-refractivity contribution in [1.82, 2.24) is 4.31 Å². The van der Waals surface area contributed by atoms with Gasteiger partial charge in [-0.05, 0) is 37.5 Å². The zero-order valence-corrected chi connectivity index (χ0v) is 12.8. The second kappa shape index (κ2) is 6.89. The van der Waals surface area contributed by atoms with E-state index in [1.54, 1.807) is 4.31 Å². The van der Waals surface area contributed by atoms with Crippen molar-refractivity contribution < 1.29 is 18.3 Å². The molecule has 0 aromatic rings. The van der Waals surface area contributed by atoms with E-state index >= 15 is 0 Å². The van der Waals surface area contributed by atoms with Crippen LogP contribution in [-0.4, -0.2) is 42.6 Å². The van der Waals surface area contributed by atoms with Crippen LogP contribution in [0.2, 0.25) is 0 Å². The van der Waals surface area contributed by atoms with E-state index in [0.29, 0.717) is 31.8 Å². The molecule has 0 aromatic carbocycles. The smallest absolute Gasteiger partial charge is 0.303 e.